The van der Waals surface area contributed by atoms with Crippen LogP contribution >= 0.6 is 11.8 Å². The highest BCUT2D eigenvalue weighted by molar-refractivity contribution is 7.99. The Balaban J connectivity index is 2.55. The zero-order chi connectivity index (χ0) is 16.4. The first-order valence-corrected chi connectivity index (χ1v) is 7.85. The molecule has 0 spiro atoms. The van der Waals surface area contributed by atoms with Crippen molar-refractivity contribution in [2.75, 3.05) is 12.4 Å². The maximum absolute atomic E-state index is 12.1. The molecule has 2 rings (SSSR count). The lowest BCUT2D eigenvalue weighted by atomic mass is 10.4. The average Bonchev–Trinajstić information content (AvgIpc) is 2.83. The third-order valence-electron chi connectivity index (χ3n) is 3.06. The third-order valence-corrected chi connectivity index (χ3v) is 3.99. The van der Waals surface area contributed by atoms with E-state index in [0.717, 1.165) is 0 Å². The molecule has 0 radical (unpaired) electrons. The van der Waals surface area contributed by atoms with E-state index >= 15 is 0 Å². The van der Waals surface area contributed by atoms with Crippen LogP contribution in [0.1, 0.15) is 26.8 Å². The van der Waals surface area contributed by atoms with Crippen molar-refractivity contribution in [3.05, 3.63) is 20.8 Å². The summed E-state index contributed by atoms with van der Waals surface area (Å²) in [4.78, 5) is 41.9. The number of thioether (sulfide) groups is 1. The number of aromatic nitrogens is 4. The second kappa shape index (κ2) is 6.39. The van der Waals surface area contributed by atoms with Crippen LogP contribution in [0.15, 0.2) is 14.7 Å². The molecule has 0 unspecified atom stereocenters. The predicted octanol–water partition coefficient (Wildman–Crippen LogP) is 0.659. The topological polar surface area (TPSA) is 99.0 Å². The zero-order valence-electron chi connectivity index (χ0n) is 12.9. The number of hydrogen-bond acceptors (Lipinski definition) is 6. The highest BCUT2D eigenvalue weighted by Gasteiger charge is 2.20. The van der Waals surface area contributed by atoms with Crippen molar-refractivity contribution in [2.45, 2.75) is 32.0 Å². The fourth-order valence-electron chi connectivity index (χ4n) is 2.09. The summed E-state index contributed by atoms with van der Waals surface area (Å²) in [6.45, 7) is 5.86. The van der Waals surface area contributed by atoms with Crippen molar-refractivity contribution in [2.24, 2.45) is 7.05 Å². The highest BCUT2D eigenvalue weighted by Crippen LogP contribution is 2.25. The Hall–Kier alpha value is -2.03. The Morgan fingerprint density at radius 1 is 1.41 bits per heavy atom. The number of aromatic amines is 1. The number of rotatable bonds is 5. The number of carbonyl (C=O) groups is 1. The molecule has 9 heteroatoms. The van der Waals surface area contributed by atoms with Crippen molar-refractivity contribution >= 4 is 28.9 Å². The van der Waals surface area contributed by atoms with Gasteiger partial charge in [-0.1, -0.05) is 11.8 Å². The van der Waals surface area contributed by atoms with Gasteiger partial charge in [-0.3, -0.25) is 19.1 Å². The van der Waals surface area contributed by atoms with Gasteiger partial charge in [0.05, 0.1) is 12.4 Å². The summed E-state index contributed by atoms with van der Waals surface area (Å²) in [5.74, 6) is -0.256. The third kappa shape index (κ3) is 2.94. The standard InChI is InChI=1S/C13H18N4O4S/c1-5-21-8(18)6-22-13-14-10-9(17(13)7(2)3)11(19)15-12(20)16(10)4/h7H,5-6H2,1-4H3,(H,15,19,20). The smallest absolute Gasteiger partial charge is 0.329 e. The number of imidazole rings is 1. The normalized spacial score (nSPS) is 11.3. The number of nitrogens with zero attached hydrogens (tertiary/aromatic N) is 3. The van der Waals surface area contributed by atoms with Gasteiger partial charge in [0, 0.05) is 13.1 Å². The second-order valence-electron chi connectivity index (χ2n) is 4.94. The first kappa shape index (κ1) is 16.3. The second-order valence-corrected chi connectivity index (χ2v) is 5.88. The quantitative estimate of drug-likeness (QED) is 0.640. The minimum atomic E-state index is -0.521. The molecule has 0 saturated heterocycles. The van der Waals surface area contributed by atoms with Crippen molar-refractivity contribution in [1.82, 2.24) is 19.1 Å². The van der Waals surface area contributed by atoms with E-state index in [1.165, 1.54) is 23.4 Å². The Labute approximate surface area is 130 Å². The van der Waals surface area contributed by atoms with Crippen LogP contribution in [0.4, 0.5) is 0 Å². The summed E-state index contributed by atoms with van der Waals surface area (Å²) < 4.78 is 7.89. The number of fused-ring (bicyclic) bond motifs is 1. The fraction of sp³-hybridized carbons (Fsp3) is 0.538. The molecule has 22 heavy (non-hydrogen) atoms. The number of H-pyrrole nitrogens is 1. The van der Waals surface area contributed by atoms with Gasteiger partial charge in [0.25, 0.3) is 5.56 Å². The molecule has 2 heterocycles. The molecule has 2 aromatic rings. The van der Waals surface area contributed by atoms with Crippen LogP contribution < -0.4 is 11.2 Å². The highest BCUT2D eigenvalue weighted by atomic mass is 32.2. The van der Waals surface area contributed by atoms with E-state index in [2.05, 4.69) is 9.97 Å². The van der Waals surface area contributed by atoms with E-state index in [4.69, 9.17) is 4.74 Å². The monoisotopic (exact) mass is 326 g/mol. The maximum Gasteiger partial charge on any atom is 0.329 e. The van der Waals surface area contributed by atoms with Crippen LogP contribution in [-0.4, -0.2) is 37.4 Å². The molecule has 8 nitrogen and oxygen atoms in total. The summed E-state index contributed by atoms with van der Waals surface area (Å²) in [7, 11) is 1.54. The fourth-order valence-corrected chi connectivity index (χ4v) is 3.01. The van der Waals surface area contributed by atoms with Crippen LogP contribution in [0.3, 0.4) is 0 Å². The first-order chi connectivity index (χ1) is 10.4. The van der Waals surface area contributed by atoms with Crippen LogP contribution in [0, 0.1) is 0 Å². The number of nitrogens with one attached hydrogen (secondary N) is 1. The molecule has 0 fully saturated rings. The molecule has 2 aromatic heterocycles. The molecule has 0 aliphatic rings. The van der Waals surface area contributed by atoms with Crippen LogP contribution in [0.5, 0.6) is 0 Å². The van der Waals surface area contributed by atoms with Gasteiger partial charge in [0.1, 0.15) is 0 Å². The molecule has 0 atom stereocenters. The summed E-state index contributed by atoms with van der Waals surface area (Å²) in [6, 6.07) is -0.0479. The molecule has 0 aliphatic carbocycles. The van der Waals surface area contributed by atoms with Gasteiger partial charge in [-0.2, -0.15) is 0 Å². The number of aryl methyl sites for hydroxylation is 1. The number of ether oxygens (including phenoxy) is 1. The molecule has 120 valence electrons. The van der Waals surface area contributed by atoms with Crippen molar-refractivity contribution in [1.29, 1.82) is 0 Å². The summed E-state index contributed by atoms with van der Waals surface area (Å²) in [6.07, 6.45) is 0. The molecular weight excluding hydrogens is 308 g/mol. The number of hydrogen-bond donors (Lipinski definition) is 1. The molecule has 0 amide bonds. The van der Waals surface area contributed by atoms with Crippen molar-refractivity contribution in [3.63, 3.8) is 0 Å². The van der Waals surface area contributed by atoms with Gasteiger partial charge in [-0.15, -0.1) is 0 Å². The van der Waals surface area contributed by atoms with Gasteiger partial charge in [-0.25, -0.2) is 9.78 Å². The van der Waals surface area contributed by atoms with E-state index < -0.39 is 11.2 Å². The van der Waals surface area contributed by atoms with Gasteiger partial charge in [-0.05, 0) is 20.8 Å². The molecule has 1 N–H and O–H groups in total. The maximum atomic E-state index is 12.1. The van der Waals surface area contributed by atoms with E-state index in [1.807, 2.05) is 13.8 Å². The Bertz CT molecular complexity index is 818. The van der Waals surface area contributed by atoms with E-state index in [9.17, 15) is 14.4 Å². The van der Waals surface area contributed by atoms with Gasteiger partial charge in [0.2, 0.25) is 0 Å². The number of esters is 1. The van der Waals surface area contributed by atoms with Crippen molar-refractivity contribution < 1.29 is 9.53 Å². The number of carbonyl (C=O) groups excluding carboxylic acids is 1. The SMILES string of the molecule is CCOC(=O)CSc1nc2c(c(=O)[nH]c(=O)n2C)n1C(C)C. The first-order valence-electron chi connectivity index (χ1n) is 6.86. The van der Waals surface area contributed by atoms with Crippen LogP contribution in [-0.2, 0) is 16.6 Å². The van der Waals surface area contributed by atoms with Crippen LogP contribution in [0.25, 0.3) is 11.2 Å². The van der Waals surface area contributed by atoms with E-state index in [0.29, 0.717) is 22.9 Å². The molecular formula is C13H18N4O4S. The summed E-state index contributed by atoms with van der Waals surface area (Å²) in [5, 5.41) is 0.504. The lowest BCUT2D eigenvalue weighted by Crippen LogP contribution is -2.29. The van der Waals surface area contributed by atoms with E-state index in [1.54, 1.807) is 11.5 Å². The average molecular weight is 326 g/mol. The minimum Gasteiger partial charge on any atom is -0.465 e. The molecule has 0 saturated carbocycles. The zero-order valence-corrected chi connectivity index (χ0v) is 13.7. The Kier molecular flexibility index (Phi) is 4.74. The van der Waals surface area contributed by atoms with Crippen molar-refractivity contribution in [3.8, 4) is 0 Å². The van der Waals surface area contributed by atoms with Gasteiger partial charge < -0.3 is 9.30 Å². The van der Waals surface area contributed by atoms with E-state index in [-0.39, 0.29) is 17.8 Å². The van der Waals surface area contributed by atoms with Gasteiger partial charge in [0.15, 0.2) is 16.3 Å². The lowest BCUT2D eigenvalue weighted by molar-refractivity contribution is -0.139. The largest absolute Gasteiger partial charge is 0.465 e. The summed E-state index contributed by atoms with van der Waals surface area (Å²) >= 11 is 1.18. The molecule has 0 aliphatic heterocycles. The predicted molar refractivity (Wildman–Crippen MR) is 83.3 cm³/mol. The molecule has 0 bridgehead atoms. The lowest BCUT2D eigenvalue weighted by Gasteiger charge is -2.11. The van der Waals surface area contributed by atoms with Gasteiger partial charge >= 0.3 is 11.7 Å². The summed E-state index contributed by atoms with van der Waals surface area (Å²) in [5.41, 5.74) is -0.382. The van der Waals surface area contributed by atoms with Crippen LogP contribution in [0.2, 0.25) is 0 Å². The molecule has 0 aromatic carbocycles. The Morgan fingerprint density at radius 2 is 2.09 bits per heavy atom. The Morgan fingerprint density at radius 3 is 2.68 bits per heavy atom. The minimum absolute atomic E-state index is 0.0479.